The molecule has 0 atom stereocenters. The monoisotopic (exact) mass is 766 g/mol. The van der Waals surface area contributed by atoms with Gasteiger partial charge >= 0.3 is 6.07 Å². The lowest BCUT2D eigenvalue weighted by Crippen LogP contribution is -2.40. The van der Waals surface area contributed by atoms with Crippen molar-refractivity contribution in [2.24, 2.45) is 33.7 Å². The van der Waals surface area contributed by atoms with Gasteiger partial charge in [0.15, 0.2) is 6.54 Å². The van der Waals surface area contributed by atoms with Crippen LogP contribution in [0.1, 0.15) is 0 Å². The second-order valence-electron chi connectivity index (χ2n) is 11.4. The summed E-state index contributed by atoms with van der Waals surface area (Å²) >= 11 is 0. The Kier molecular flexibility index (Phi) is 22.0. The molecule has 0 aliphatic carbocycles. The molecule has 24 nitrogen and oxygen atoms in total. The number of aliphatic imine (C=N–C) groups is 1. The number of nitrogens with one attached hydrogen (secondary N) is 4. The van der Waals surface area contributed by atoms with Crippen LogP contribution in [0.4, 0.5) is 35.7 Å². The first-order chi connectivity index (χ1) is 26.9. The molecule has 2 rings (SSSR count). The second kappa shape index (κ2) is 26.8. The number of anilines is 6. The van der Waals surface area contributed by atoms with E-state index in [1.54, 1.807) is 28.0 Å². The van der Waals surface area contributed by atoms with Crippen molar-refractivity contribution in [1.82, 2.24) is 35.3 Å². The zero-order valence-electron chi connectivity index (χ0n) is 31.6. The summed E-state index contributed by atoms with van der Waals surface area (Å²) in [6.45, 7) is 5.77. The Hall–Kier alpha value is -5.92. The number of rotatable bonds is 29. The molecule has 0 saturated carbocycles. The summed E-state index contributed by atoms with van der Waals surface area (Å²) in [5.74, 6) is 1.85. The average Bonchev–Trinajstić information content (AvgIpc) is 3.19. The Morgan fingerprint density at radius 1 is 0.582 bits per heavy atom. The SMILES string of the molecule is CN=CCN(CC#N)c1nc(N(CC#[N+]NCCN(CCN)c2nc(N(CCN)CCN)nc(N(CCN)CCN)n2)CC=N)nc(N(CC=N)CC=N)n1. The molecular formula is C31H57N24+. The molecule has 24 heteroatoms. The third-order valence-electron chi connectivity index (χ3n) is 7.49. The van der Waals surface area contributed by atoms with Crippen LogP contribution in [0.5, 0.6) is 0 Å². The highest BCUT2D eigenvalue weighted by Gasteiger charge is 2.22. The van der Waals surface area contributed by atoms with E-state index in [-0.39, 0.29) is 57.1 Å². The molecule has 0 amide bonds. The molecule has 300 valence electrons. The van der Waals surface area contributed by atoms with E-state index in [1.165, 1.54) is 18.6 Å². The molecule has 2 aromatic rings. The summed E-state index contributed by atoms with van der Waals surface area (Å²) < 4.78 is 0. The Morgan fingerprint density at radius 2 is 0.945 bits per heavy atom. The van der Waals surface area contributed by atoms with Crippen LogP contribution in [0.25, 0.3) is 4.95 Å². The van der Waals surface area contributed by atoms with E-state index in [4.69, 9.17) is 59.8 Å². The molecule has 0 aliphatic heterocycles. The van der Waals surface area contributed by atoms with E-state index in [1.807, 2.05) is 14.7 Å². The van der Waals surface area contributed by atoms with E-state index >= 15 is 0 Å². The first-order valence-corrected chi connectivity index (χ1v) is 17.8. The maximum Gasteiger partial charge on any atom is 0.340 e. The largest absolute Gasteiger partial charge is 0.340 e. The molecule has 55 heavy (non-hydrogen) atoms. The van der Waals surface area contributed by atoms with Crippen molar-refractivity contribution < 1.29 is 0 Å². The standard InChI is InChI=1S/C31H57N24/c1-41-11-23-53(20-8-38)29-45-28(52(18-6-36)19-7-37)48-31(49-29)55(22-10-40)25-13-43-42-12-24-54(21-9-39)30-46-26(50(14-2-32)15-3-33)44-27(47-30)51(16-4-34)17-5-35/h6-7,10-11,36-37,40,42H,2-5,9,12,14-25,32-35,39H2,1H3/q+1. The predicted octanol–water partition coefficient (Wildman–Crippen LogP) is -3.60. The molecule has 0 radical (unpaired) electrons. The number of aromatic nitrogens is 6. The van der Waals surface area contributed by atoms with E-state index in [0.717, 1.165) is 0 Å². The number of nitrogens with two attached hydrogens (primary N) is 5. The molecule has 0 unspecified atom stereocenters. The van der Waals surface area contributed by atoms with Crippen LogP contribution in [-0.4, -0.2) is 180 Å². The lowest BCUT2D eigenvalue weighted by molar-refractivity contribution is 0.690. The van der Waals surface area contributed by atoms with Crippen LogP contribution in [0.15, 0.2) is 4.99 Å². The van der Waals surface area contributed by atoms with Crippen molar-refractivity contribution in [1.29, 1.82) is 21.5 Å². The number of nitriles is 1. The molecule has 0 aliphatic rings. The quantitative estimate of drug-likeness (QED) is 0.0167. The van der Waals surface area contributed by atoms with Gasteiger partial charge in [-0.2, -0.15) is 35.2 Å². The van der Waals surface area contributed by atoms with Crippen LogP contribution >= 0.6 is 0 Å². The van der Waals surface area contributed by atoms with Gasteiger partial charge in [0.2, 0.25) is 35.7 Å². The maximum atomic E-state index is 9.48. The fourth-order valence-electron chi connectivity index (χ4n) is 4.94. The summed E-state index contributed by atoms with van der Waals surface area (Å²) in [4.78, 5) is 46.9. The van der Waals surface area contributed by atoms with E-state index in [9.17, 15) is 5.26 Å². The van der Waals surface area contributed by atoms with Crippen LogP contribution in [0.3, 0.4) is 0 Å². The predicted molar refractivity (Wildman–Crippen MR) is 220 cm³/mol. The minimum Gasteiger partial charge on any atom is -0.338 e. The van der Waals surface area contributed by atoms with Crippen molar-refractivity contribution in [3.63, 3.8) is 0 Å². The number of nitrogens with zero attached hydrogens (tertiary/aromatic N) is 15. The first-order valence-electron chi connectivity index (χ1n) is 17.8. The minimum absolute atomic E-state index is 0.0280. The van der Waals surface area contributed by atoms with Crippen LogP contribution in [-0.2, 0) is 0 Å². The summed E-state index contributed by atoms with van der Waals surface area (Å²) in [6, 6.07) is 5.06. The fraction of sp³-hybridized carbons (Fsp3) is 0.613. The molecule has 0 spiro atoms. The Morgan fingerprint density at radius 3 is 1.33 bits per heavy atom. The van der Waals surface area contributed by atoms with Crippen LogP contribution in [0, 0.1) is 33.6 Å². The second-order valence-corrected chi connectivity index (χ2v) is 11.4. The van der Waals surface area contributed by atoms with E-state index in [2.05, 4.69) is 42.5 Å². The van der Waals surface area contributed by atoms with Gasteiger partial charge in [-0.3, -0.25) is 4.99 Å². The Bertz CT molecular complexity index is 1510. The van der Waals surface area contributed by atoms with Gasteiger partial charge < -0.3 is 74.3 Å². The Balaban J connectivity index is 2.38. The molecule has 2 aromatic heterocycles. The van der Waals surface area contributed by atoms with Gasteiger partial charge in [0.25, 0.3) is 0 Å². The topological polar surface area (TPSA) is 351 Å². The molecule has 2 heterocycles. The van der Waals surface area contributed by atoms with E-state index < -0.39 is 0 Å². The molecular weight excluding hydrogens is 709 g/mol. The van der Waals surface area contributed by atoms with Crippen molar-refractivity contribution in [3.05, 3.63) is 4.95 Å². The maximum absolute atomic E-state index is 9.48. The first kappa shape index (κ1) is 45.2. The van der Waals surface area contributed by atoms with Crippen LogP contribution < -0.4 is 63.5 Å². The highest BCUT2D eigenvalue weighted by Crippen LogP contribution is 2.20. The molecule has 0 aromatic carbocycles. The smallest absolute Gasteiger partial charge is 0.338 e. The molecule has 14 N–H and O–H groups in total. The van der Waals surface area contributed by atoms with Gasteiger partial charge in [0.05, 0.1) is 37.2 Å². The molecule has 0 bridgehead atoms. The van der Waals surface area contributed by atoms with Crippen molar-refractivity contribution in [2.45, 2.75) is 0 Å². The normalized spacial score (nSPS) is 10.6. The van der Waals surface area contributed by atoms with Gasteiger partial charge in [-0.05, 0) is 0 Å². The van der Waals surface area contributed by atoms with E-state index in [0.29, 0.717) is 96.4 Å². The number of hydrogen-bond acceptors (Lipinski definition) is 23. The van der Waals surface area contributed by atoms with Crippen molar-refractivity contribution in [2.75, 3.05) is 154 Å². The third kappa shape index (κ3) is 15.2. The molecule has 0 saturated heterocycles. The summed E-state index contributed by atoms with van der Waals surface area (Å²) in [7, 11) is 1.62. The van der Waals surface area contributed by atoms with Gasteiger partial charge in [-0.15, -0.1) is 0 Å². The third-order valence-corrected chi connectivity index (χ3v) is 7.49. The molecule has 0 fully saturated rings. The van der Waals surface area contributed by atoms with Gasteiger partial charge in [-0.25, -0.2) is 0 Å². The van der Waals surface area contributed by atoms with Gasteiger partial charge in [-0.1, -0.05) is 5.43 Å². The highest BCUT2D eigenvalue weighted by atomic mass is 15.4. The lowest BCUT2D eigenvalue weighted by Gasteiger charge is -2.28. The van der Waals surface area contributed by atoms with Gasteiger partial charge in [0.1, 0.15) is 13.1 Å². The summed E-state index contributed by atoms with van der Waals surface area (Å²) in [6.07, 6.45) is 5.16. The van der Waals surface area contributed by atoms with Crippen LogP contribution in [0.2, 0.25) is 0 Å². The Labute approximate surface area is 322 Å². The fourth-order valence-corrected chi connectivity index (χ4v) is 4.94. The average molecular weight is 766 g/mol. The summed E-state index contributed by atoms with van der Waals surface area (Å²) in [5, 5.41) is 32.6. The summed E-state index contributed by atoms with van der Waals surface area (Å²) in [5.41, 5.74) is 32.6. The zero-order valence-corrected chi connectivity index (χ0v) is 31.6. The highest BCUT2D eigenvalue weighted by molar-refractivity contribution is 5.69. The van der Waals surface area contributed by atoms with Crippen molar-refractivity contribution >= 4 is 60.5 Å². The zero-order chi connectivity index (χ0) is 40.3. The lowest BCUT2D eigenvalue weighted by atomic mass is 10.4. The number of hydrogen-bond donors (Lipinski definition) is 9. The van der Waals surface area contributed by atoms with Crippen molar-refractivity contribution in [3.8, 4) is 12.1 Å². The van der Waals surface area contributed by atoms with Gasteiger partial charge in [0, 0.05) is 104 Å². The minimum atomic E-state index is -0.0280.